The number of carboxylic acid groups (broad SMARTS) is 1. The van der Waals surface area contributed by atoms with E-state index in [1.807, 2.05) is 46.8 Å². The first-order chi connectivity index (χ1) is 17.3. The van der Waals surface area contributed by atoms with Crippen LogP contribution in [0, 0.1) is 6.92 Å². The van der Waals surface area contributed by atoms with Crippen LogP contribution >= 0.6 is 0 Å². The van der Waals surface area contributed by atoms with Crippen molar-refractivity contribution in [2.45, 2.75) is 45.8 Å². The fraction of sp³-hybridized carbons (Fsp3) is 0.308. The van der Waals surface area contributed by atoms with Crippen LogP contribution in [0.3, 0.4) is 0 Å². The lowest BCUT2D eigenvalue weighted by atomic mass is 9.87. The molecule has 0 aliphatic rings. The summed E-state index contributed by atoms with van der Waals surface area (Å²) in [5.74, 6) is -2.00. The molecule has 0 bridgehead atoms. The second kappa shape index (κ2) is 10.9. The molecule has 0 unspecified atom stereocenters. The molecule has 0 aliphatic heterocycles. The van der Waals surface area contributed by atoms with Crippen molar-refractivity contribution in [1.29, 1.82) is 0 Å². The third kappa shape index (κ3) is 7.18. The first kappa shape index (κ1) is 27.4. The van der Waals surface area contributed by atoms with Crippen molar-refractivity contribution in [3.05, 3.63) is 78.0 Å². The van der Waals surface area contributed by atoms with Gasteiger partial charge in [0.15, 0.2) is 0 Å². The van der Waals surface area contributed by atoms with Crippen LogP contribution < -0.4 is 4.74 Å². The molecule has 0 aliphatic carbocycles. The molecule has 0 saturated carbocycles. The van der Waals surface area contributed by atoms with Crippen LogP contribution in [0.1, 0.15) is 37.6 Å². The van der Waals surface area contributed by atoms with Gasteiger partial charge in [0, 0.05) is 11.8 Å². The molecule has 4 aromatic rings. The largest absolute Gasteiger partial charge is 0.495 e. The summed E-state index contributed by atoms with van der Waals surface area (Å²) >= 11 is 0. The standard InChI is InChI=1S/C24H27N5O.C2HF3O2/c1-17-13-28(16-25-17)22-11-8-19(12-23(22)30-5)21-15-29(27-26-21)14-18-6-9-20(10-7-18)24(2,3)4;3-2(4,5)1(6)7/h6-13,15-16H,14H2,1-5H3;(H,6,7). The number of imidazole rings is 1. The van der Waals surface area contributed by atoms with Gasteiger partial charge in [-0.15, -0.1) is 5.10 Å². The second-order valence-corrected chi connectivity index (χ2v) is 9.36. The van der Waals surface area contributed by atoms with E-state index in [1.54, 1.807) is 13.4 Å². The zero-order valence-electron chi connectivity index (χ0n) is 21.1. The molecule has 11 heteroatoms. The zero-order valence-corrected chi connectivity index (χ0v) is 21.1. The molecule has 2 aromatic carbocycles. The number of nitrogens with zero attached hydrogens (tertiary/aromatic N) is 5. The van der Waals surface area contributed by atoms with Crippen molar-refractivity contribution in [2.75, 3.05) is 7.11 Å². The Balaban J connectivity index is 0.000000479. The van der Waals surface area contributed by atoms with Crippen molar-refractivity contribution in [1.82, 2.24) is 24.5 Å². The summed E-state index contributed by atoms with van der Waals surface area (Å²) in [5, 5.41) is 15.8. The van der Waals surface area contributed by atoms with Gasteiger partial charge in [-0.3, -0.25) is 0 Å². The lowest BCUT2D eigenvalue weighted by Crippen LogP contribution is -2.21. The molecule has 0 atom stereocenters. The molecule has 37 heavy (non-hydrogen) atoms. The van der Waals surface area contributed by atoms with E-state index in [4.69, 9.17) is 14.6 Å². The Morgan fingerprint density at radius 1 is 1.05 bits per heavy atom. The Kier molecular flexibility index (Phi) is 8.05. The number of halogens is 3. The number of ether oxygens (including phenoxy) is 1. The minimum Gasteiger partial charge on any atom is -0.495 e. The lowest BCUT2D eigenvalue weighted by molar-refractivity contribution is -0.192. The molecule has 0 fully saturated rings. The molecule has 2 heterocycles. The maximum absolute atomic E-state index is 10.6. The minimum absolute atomic E-state index is 0.152. The van der Waals surface area contributed by atoms with Crippen LogP contribution in [0.5, 0.6) is 5.75 Å². The monoisotopic (exact) mass is 515 g/mol. The van der Waals surface area contributed by atoms with Crippen molar-refractivity contribution in [2.24, 2.45) is 0 Å². The van der Waals surface area contributed by atoms with E-state index in [0.29, 0.717) is 6.54 Å². The van der Waals surface area contributed by atoms with Gasteiger partial charge in [0.05, 0.1) is 37.6 Å². The number of carbonyl (C=O) groups is 1. The number of aromatic nitrogens is 5. The van der Waals surface area contributed by atoms with E-state index < -0.39 is 12.1 Å². The number of aliphatic carboxylic acids is 1. The molecular formula is C26H28F3N5O3. The van der Waals surface area contributed by atoms with Gasteiger partial charge in [-0.25, -0.2) is 14.5 Å². The number of hydrogen-bond donors (Lipinski definition) is 1. The third-order valence-electron chi connectivity index (χ3n) is 5.41. The van der Waals surface area contributed by atoms with Gasteiger partial charge in [0.1, 0.15) is 11.4 Å². The van der Waals surface area contributed by atoms with Gasteiger partial charge in [0.25, 0.3) is 0 Å². The van der Waals surface area contributed by atoms with E-state index in [2.05, 4.69) is 60.3 Å². The van der Waals surface area contributed by atoms with Crippen LogP contribution in [0.25, 0.3) is 16.9 Å². The van der Waals surface area contributed by atoms with Crippen LogP contribution in [0.15, 0.2) is 61.2 Å². The first-order valence-corrected chi connectivity index (χ1v) is 11.3. The molecule has 196 valence electrons. The molecule has 4 rings (SSSR count). The fourth-order valence-corrected chi connectivity index (χ4v) is 3.41. The van der Waals surface area contributed by atoms with Crippen molar-refractivity contribution < 1.29 is 27.8 Å². The van der Waals surface area contributed by atoms with E-state index in [9.17, 15) is 13.2 Å². The maximum Gasteiger partial charge on any atom is 0.490 e. The van der Waals surface area contributed by atoms with Gasteiger partial charge >= 0.3 is 12.1 Å². The Hall–Kier alpha value is -4.15. The Morgan fingerprint density at radius 2 is 1.70 bits per heavy atom. The fourth-order valence-electron chi connectivity index (χ4n) is 3.41. The minimum atomic E-state index is -5.08. The third-order valence-corrected chi connectivity index (χ3v) is 5.41. The van der Waals surface area contributed by atoms with Gasteiger partial charge in [-0.2, -0.15) is 13.2 Å². The number of alkyl halides is 3. The summed E-state index contributed by atoms with van der Waals surface area (Å²) in [4.78, 5) is 13.2. The molecule has 2 aromatic heterocycles. The summed E-state index contributed by atoms with van der Waals surface area (Å²) in [6.45, 7) is 9.31. The first-order valence-electron chi connectivity index (χ1n) is 11.3. The van der Waals surface area contributed by atoms with E-state index in [1.165, 1.54) is 11.1 Å². The molecule has 1 N–H and O–H groups in total. The molecule has 8 nitrogen and oxygen atoms in total. The van der Waals surface area contributed by atoms with Crippen LogP contribution in [-0.4, -0.2) is 48.9 Å². The van der Waals surface area contributed by atoms with Gasteiger partial charge in [0.2, 0.25) is 0 Å². The molecule has 0 radical (unpaired) electrons. The van der Waals surface area contributed by atoms with E-state index in [0.717, 1.165) is 28.4 Å². The predicted molar refractivity (Wildman–Crippen MR) is 132 cm³/mol. The van der Waals surface area contributed by atoms with E-state index in [-0.39, 0.29) is 5.41 Å². The van der Waals surface area contributed by atoms with Crippen LogP contribution in [0.4, 0.5) is 13.2 Å². The topological polar surface area (TPSA) is 95.1 Å². The average molecular weight is 516 g/mol. The summed E-state index contributed by atoms with van der Waals surface area (Å²) < 4.78 is 41.2. The SMILES string of the molecule is COc1cc(-c2cn(Cc3ccc(C(C)(C)C)cc3)nn2)ccc1-n1cnc(C)c1.O=C(O)C(F)(F)F. The predicted octanol–water partition coefficient (Wildman–Crippen LogP) is 5.43. The Morgan fingerprint density at radius 3 is 2.22 bits per heavy atom. The molecule has 0 amide bonds. The highest BCUT2D eigenvalue weighted by Crippen LogP contribution is 2.29. The molecule has 0 spiro atoms. The van der Waals surface area contributed by atoms with Crippen LogP contribution in [-0.2, 0) is 16.8 Å². The average Bonchev–Trinajstić information content (AvgIpc) is 3.47. The summed E-state index contributed by atoms with van der Waals surface area (Å²) in [5.41, 5.74) is 6.34. The second-order valence-electron chi connectivity index (χ2n) is 9.36. The maximum atomic E-state index is 10.6. The normalized spacial score (nSPS) is 11.6. The lowest BCUT2D eigenvalue weighted by Gasteiger charge is -2.19. The smallest absolute Gasteiger partial charge is 0.490 e. The Bertz CT molecular complexity index is 1350. The number of rotatable bonds is 5. The highest BCUT2D eigenvalue weighted by molar-refractivity contribution is 5.73. The molecule has 0 saturated heterocycles. The van der Waals surface area contributed by atoms with Crippen molar-refractivity contribution >= 4 is 5.97 Å². The number of hydrogen-bond acceptors (Lipinski definition) is 5. The van der Waals surface area contributed by atoms with Crippen molar-refractivity contribution in [3.63, 3.8) is 0 Å². The number of aryl methyl sites for hydroxylation is 1. The number of benzene rings is 2. The quantitative estimate of drug-likeness (QED) is 0.381. The highest BCUT2D eigenvalue weighted by Gasteiger charge is 2.38. The summed E-state index contributed by atoms with van der Waals surface area (Å²) in [7, 11) is 1.67. The number of methoxy groups -OCH3 is 1. The molecular weight excluding hydrogens is 487 g/mol. The van der Waals surface area contributed by atoms with Crippen molar-refractivity contribution in [3.8, 4) is 22.7 Å². The zero-order chi connectivity index (χ0) is 27.4. The van der Waals surface area contributed by atoms with Gasteiger partial charge < -0.3 is 14.4 Å². The highest BCUT2D eigenvalue weighted by atomic mass is 19.4. The summed E-state index contributed by atoms with van der Waals surface area (Å²) in [6.07, 6.45) is 0.639. The van der Waals surface area contributed by atoms with E-state index >= 15 is 0 Å². The summed E-state index contributed by atoms with van der Waals surface area (Å²) in [6, 6.07) is 14.7. The van der Waals surface area contributed by atoms with Crippen LogP contribution in [0.2, 0.25) is 0 Å². The van der Waals surface area contributed by atoms with Gasteiger partial charge in [-0.05, 0) is 35.6 Å². The number of carboxylic acids is 1. The van der Waals surface area contributed by atoms with Gasteiger partial charge in [-0.1, -0.05) is 56.3 Å². The Labute approximate surface area is 212 Å².